The third-order valence-electron chi connectivity index (χ3n) is 2.77. The Kier molecular flexibility index (Phi) is 4.88. The number of halogens is 3. The third kappa shape index (κ3) is 3.75. The van der Waals surface area contributed by atoms with Crippen molar-refractivity contribution >= 4 is 63.3 Å². The van der Waals surface area contributed by atoms with Crippen molar-refractivity contribution in [3.05, 3.63) is 27.1 Å². The van der Waals surface area contributed by atoms with Crippen LogP contribution >= 0.6 is 43.5 Å². The molecule has 20 heavy (non-hydrogen) atoms. The van der Waals surface area contributed by atoms with Crippen LogP contribution in [0.1, 0.15) is 0 Å². The van der Waals surface area contributed by atoms with Crippen molar-refractivity contribution in [1.82, 2.24) is 4.72 Å². The number of hydrogen-bond donors (Lipinski definition) is 1. The molecule has 1 N–H and O–H groups in total. The average Bonchev–Trinajstić information content (AvgIpc) is 2.54. The number of hydrogen-bond acceptors (Lipinski definition) is 4. The third-order valence-corrected chi connectivity index (χ3v) is 8.13. The van der Waals surface area contributed by atoms with Crippen LogP contribution in [0.3, 0.4) is 0 Å². The van der Waals surface area contributed by atoms with E-state index in [1.54, 1.807) is 12.1 Å². The average molecular weight is 468 g/mol. The maximum Gasteiger partial charge on any atom is 0.242 e. The van der Waals surface area contributed by atoms with Gasteiger partial charge in [0, 0.05) is 8.95 Å². The molecule has 10 heteroatoms. The summed E-state index contributed by atoms with van der Waals surface area (Å²) in [5.74, 6) is -0.507. The predicted octanol–water partition coefficient (Wildman–Crippen LogP) is 1.89. The molecule has 112 valence electrons. The summed E-state index contributed by atoms with van der Waals surface area (Å²) in [6.45, 7) is 0. The molecule has 0 aromatic heterocycles. The van der Waals surface area contributed by atoms with Crippen molar-refractivity contribution in [3.63, 3.8) is 0 Å². The Bertz CT molecular complexity index is 736. The molecule has 2 rings (SSSR count). The summed E-state index contributed by atoms with van der Waals surface area (Å²) >= 11 is 12.3. The first kappa shape index (κ1) is 16.7. The molecule has 1 aromatic rings. The number of nitrogens with one attached hydrogen (secondary N) is 1. The Morgan fingerprint density at radius 1 is 1.25 bits per heavy atom. The second-order valence-electron chi connectivity index (χ2n) is 4.40. The molecule has 1 aliphatic heterocycles. The highest BCUT2D eigenvalue weighted by Crippen LogP contribution is 2.27. The summed E-state index contributed by atoms with van der Waals surface area (Å²) < 4.78 is 50.9. The molecule has 0 spiro atoms. The monoisotopic (exact) mass is 465 g/mol. The highest BCUT2D eigenvalue weighted by atomic mass is 79.9. The topological polar surface area (TPSA) is 80.3 Å². The van der Waals surface area contributed by atoms with Crippen molar-refractivity contribution in [2.45, 2.75) is 16.3 Å². The van der Waals surface area contributed by atoms with E-state index in [1.807, 2.05) is 0 Å². The van der Waals surface area contributed by atoms with Gasteiger partial charge in [-0.25, -0.2) is 21.6 Å². The molecule has 1 aliphatic rings. The van der Waals surface area contributed by atoms with E-state index in [-0.39, 0.29) is 16.4 Å². The van der Waals surface area contributed by atoms with E-state index in [4.69, 9.17) is 11.6 Å². The SMILES string of the molecule is O=S1(=O)C[C@@H](Cl)[C@@H](NS(=O)(=O)c2cc(Br)ccc2Br)C1. The van der Waals surface area contributed by atoms with Gasteiger partial charge in [0.2, 0.25) is 10.0 Å². The number of rotatable bonds is 3. The molecule has 0 amide bonds. The molecule has 2 atom stereocenters. The lowest BCUT2D eigenvalue weighted by Gasteiger charge is -2.15. The molecule has 1 heterocycles. The Balaban J connectivity index is 2.31. The van der Waals surface area contributed by atoms with Crippen LogP contribution in [0.5, 0.6) is 0 Å². The van der Waals surface area contributed by atoms with E-state index < -0.39 is 31.3 Å². The first-order valence-corrected chi connectivity index (χ1v) is 10.8. The van der Waals surface area contributed by atoms with Gasteiger partial charge in [-0.05, 0) is 34.1 Å². The summed E-state index contributed by atoms with van der Waals surface area (Å²) in [4.78, 5) is 0.0278. The predicted molar refractivity (Wildman–Crippen MR) is 84.2 cm³/mol. The molecule has 1 fully saturated rings. The van der Waals surface area contributed by atoms with E-state index in [9.17, 15) is 16.8 Å². The van der Waals surface area contributed by atoms with E-state index in [2.05, 4.69) is 36.6 Å². The van der Waals surface area contributed by atoms with Crippen molar-refractivity contribution < 1.29 is 16.8 Å². The molecule has 1 saturated heterocycles. The van der Waals surface area contributed by atoms with Gasteiger partial charge < -0.3 is 0 Å². The molecule has 0 bridgehead atoms. The number of alkyl halides is 1. The largest absolute Gasteiger partial charge is 0.242 e. The summed E-state index contributed by atoms with van der Waals surface area (Å²) in [6.07, 6.45) is 0. The first-order valence-electron chi connectivity index (χ1n) is 5.42. The minimum absolute atomic E-state index is 0.0278. The second-order valence-corrected chi connectivity index (χ2v) is 10.6. The molecule has 0 radical (unpaired) electrons. The number of sulfone groups is 1. The summed E-state index contributed by atoms with van der Waals surface area (Å²) in [5, 5.41) is -0.763. The minimum Gasteiger partial charge on any atom is -0.229 e. The molecular formula is C10H10Br2ClNO4S2. The Hall–Kier alpha value is 0.330. The molecular weight excluding hydrogens is 458 g/mol. The van der Waals surface area contributed by atoms with Gasteiger partial charge in [0.05, 0.1) is 27.8 Å². The van der Waals surface area contributed by atoms with Crippen molar-refractivity contribution in [1.29, 1.82) is 0 Å². The molecule has 0 unspecified atom stereocenters. The first-order chi connectivity index (χ1) is 9.11. The van der Waals surface area contributed by atoms with Crippen LogP contribution in [0.2, 0.25) is 0 Å². The lowest BCUT2D eigenvalue weighted by Crippen LogP contribution is -2.40. The van der Waals surface area contributed by atoms with Crippen LogP contribution in [0.4, 0.5) is 0 Å². The smallest absolute Gasteiger partial charge is 0.229 e. The fourth-order valence-electron chi connectivity index (χ4n) is 1.86. The normalized spacial score (nSPS) is 25.8. The number of sulfonamides is 1. The quantitative estimate of drug-likeness (QED) is 0.689. The molecule has 1 aromatic carbocycles. The van der Waals surface area contributed by atoms with Gasteiger partial charge in [-0.1, -0.05) is 15.9 Å². The van der Waals surface area contributed by atoms with Crippen LogP contribution in [0.25, 0.3) is 0 Å². The lowest BCUT2D eigenvalue weighted by atomic mass is 10.3. The Morgan fingerprint density at radius 2 is 1.90 bits per heavy atom. The summed E-state index contributed by atoms with van der Waals surface area (Å²) in [5.41, 5.74) is 0. The molecule has 0 aliphatic carbocycles. The fourth-order valence-corrected chi connectivity index (χ4v) is 7.37. The molecule has 5 nitrogen and oxygen atoms in total. The lowest BCUT2D eigenvalue weighted by molar-refractivity contribution is 0.563. The van der Waals surface area contributed by atoms with Gasteiger partial charge in [0.25, 0.3) is 0 Å². The van der Waals surface area contributed by atoms with Crippen molar-refractivity contribution in [2.24, 2.45) is 0 Å². The Labute approximate surface area is 139 Å². The van der Waals surface area contributed by atoms with E-state index in [0.717, 1.165) is 0 Å². The van der Waals surface area contributed by atoms with Gasteiger partial charge >= 0.3 is 0 Å². The van der Waals surface area contributed by atoms with Gasteiger partial charge in [-0.3, -0.25) is 0 Å². The zero-order chi connectivity index (χ0) is 15.1. The zero-order valence-corrected chi connectivity index (χ0v) is 15.4. The van der Waals surface area contributed by atoms with Gasteiger partial charge in [-0.2, -0.15) is 0 Å². The van der Waals surface area contributed by atoms with Crippen LogP contribution < -0.4 is 4.72 Å². The van der Waals surface area contributed by atoms with Crippen molar-refractivity contribution in [3.8, 4) is 0 Å². The summed E-state index contributed by atoms with van der Waals surface area (Å²) in [6, 6.07) is 3.88. The van der Waals surface area contributed by atoms with E-state index in [1.165, 1.54) is 6.07 Å². The van der Waals surface area contributed by atoms with Gasteiger partial charge in [0.1, 0.15) is 0 Å². The van der Waals surface area contributed by atoms with E-state index in [0.29, 0.717) is 8.95 Å². The van der Waals surface area contributed by atoms with Crippen LogP contribution in [-0.4, -0.2) is 39.8 Å². The highest BCUT2D eigenvalue weighted by Gasteiger charge is 2.39. The fraction of sp³-hybridized carbons (Fsp3) is 0.400. The van der Waals surface area contributed by atoms with E-state index >= 15 is 0 Å². The van der Waals surface area contributed by atoms with Crippen molar-refractivity contribution in [2.75, 3.05) is 11.5 Å². The van der Waals surface area contributed by atoms with Crippen LogP contribution in [0, 0.1) is 0 Å². The summed E-state index contributed by atoms with van der Waals surface area (Å²) in [7, 11) is -7.15. The molecule has 0 saturated carbocycles. The number of benzene rings is 1. The maximum absolute atomic E-state index is 12.3. The maximum atomic E-state index is 12.3. The standard InChI is InChI=1S/C10H10Br2ClNO4S2/c11-6-1-2-7(12)10(3-6)20(17,18)14-9-5-19(15,16)4-8(9)13/h1-3,8-9,14H,4-5H2/t8-,9+/m1/s1. The van der Waals surface area contributed by atoms with Crippen LogP contribution in [0.15, 0.2) is 32.0 Å². The Morgan fingerprint density at radius 3 is 2.45 bits per heavy atom. The second kappa shape index (κ2) is 5.85. The van der Waals surface area contributed by atoms with Crippen LogP contribution in [-0.2, 0) is 19.9 Å². The van der Waals surface area contributed by atoms with Gasteiger partial charge in [-0.15, -0.1) is 11.6 Å². The minimum atomic E-state index is -3.86. The highest BCUT2D eigenvalue weighted by molar-refractivity contribution is 9.11. The van der Waals surface area contributed by atoms with Gasteiger partial charge in [0.15, 0.2) is 9.84 Å². The zero-order valence-electron chi connectivity index (χ0n) is 9.88.